The SMILES string of the molecule is C=N/C=C(/C)C(=NCC)Nc1ccccc1SC(C)C. The highest BCUT2D eigenvalue weighted by Crippen LogP contribution is 2.30. The van der Waals surface area contributed by atoms with Crippen LogP contribution in [0.1, 0.15) is 27.7 Å². The number of para-hydroxylation sites is 1. The van der Waals surface area contributed by atoms with Crippen molar-refractivity contribution in [3.05, 3.63) is 36.0 Å². The second-order valence-corrected chi connectivity index (χ2v) is 6.22. The molecule has 0 bridgehead atoms. The predicted octanol–water partition coefficient (Wildman–Crippen LogP) is 4.62. The van der Waals surface area contributed by atoms with Crippen LogP contribution >= 0.6 is 11.8 Å². The summed E-state index contributed by atoms with van der Waals surface area (Å²) < 4.78 is 0. The molecular formula is C16H23N3S. The van der Waals surface area contributed by atoms with E-state index < -0.39 is 0 Å². The van der Waals surface area contributed by atoms with Gasteiger partial charge in [0, 0.05) is 28.5 Å². The van der Waals surface area contributed by atoms with E-state index in [0.717, 1.165) is 23.6 Å². The fourth-order valence-corrected chi connectivity index (χ4v) is 2.58. The van der Waals surface area contributed by atoms with E-state index >= 15 is 0 Å². The van der Waals surface area contributed by atoms with E-state index in [1.807, 2.05) is 31.7 Å². The molecule has 0 saturated carbocycles. The van der Waals surface area contributed by atoms with Crippen molar-refractivity contribution in [1.82, 2.24) is 0 Å². The number of amidine groups is 1. The fraction of sp³-hybridized carbons (Fsp3) is 0.375. The molecular weight excluding hydrogens is 266 g/mol. The van der Waals surface area contributed by atoms with Crippen LogP contribution in [-0.2, 0) is 0 Å². The predicted molar refractivity (Wildman–Crippen MR) is 92.3 cm³/mol. The van der Waals surface area contributed by atoms with Crippen LogP contribution in [0, 0.1) is 0 Å². The van der Waals surface area contributed by atoms with Crippen LogP contribution in [0.3, 0.4) is 0 Å². The molecule has 0 atom stereocenters. The Morgan fingerprint density at radius 2 is 2.10 bits per heavy atom. The lowest BCUT2D eigenvalue weighted by Gasteiger charge is -2.15. The third-order valence-electron chi connectivity index (χ3n) is 2.48. The molecule has 1 rings (SSSR count). The zero-order chi connectivity index (χ0) is 15.0. The van der Waals surface area contributed by atoms with Crippen LogP contribution < -0.4 is 5.32 Å². The van der Waals surface area contributed by atoms with Crippen LogP contribution in [0.4, 0.5) is 5.69 Å². The first kappa shape index (κ1) is 16.5. The van der Waals surface area contributed by atoms with E-state index in [1.54, 1.807) is 6.20 Å². The van der Waals surface area contributed by atoms with Crippen LogP contribution in [0.5, 0.6) is 0 Å². The summed E-state index contributed by atoms with van der Waals surface area (Å²) in [6, 6.07) is 8.29. The maximum atomic E-state index is 4.50. The van der Waals surface area contributed by atoms with Gasteiger partial charge in [0.2, 0.25) is 0 Å². The monoisotopic (exact) mass is 289 g/mol. The van der Waals surface area contributed by atoms with Gasteiger partial charge in [-0.1, -0.05) is 26.0 Å². The van der Waals surface area contributed by atoms with E-state index in [9.17, 15) is 0 Å². The van der Waals surface area contributed by atoms with Crippen molar-refractivity contribution in [1.29, 1.82) is 0 Å². The number of anilines is 1. The van der Waals surface area contributed by atoms with Gasteiger partial charge in [-0.15, -0.1) is 11.8 Å². The Morgan fingerprint density at radius 1 is 1.40 bits per heavy atom. The molecule has 0 unspecified atom stereocenters. The minimum absolute atomic E-state index is 0.538. The van der Waals surface area contributed by atoms with Crippen LogP contribution in [-0.4, -0.2) is 24.3 Å². The normalized spacial score (nSPS) is 12.7. The summed E-state index contributed by atoms with van der Waals surface area (Å²) in [6.45, 7) is 12.6. The average Bonchev–Trinajstić information content (AvgIpc) is 2.40. The number of aliphatic imine (C=N–C) groups is 2. The van der Waals surface area contributed by atoms with Crippen LogP contribution in [0.2, 0.25) is 0 Å². The van der Waals surface area contributed by atoms with Crippen molar-refractivity contribution in [3.8, 4) is 0 Å². The molecule has 0 saturated heterocycles. The molecule has 4 heteroatoms. The van der Waals surface area contributed by atoms with Crippen molar-refractivity contribution in [3.63, 3.8) is 0 Å². The molecule has 0 amide bonds. The molecule has 0 radical (unpaired) electrons. The first-order chi connectivity index (χ1) is 9.58. The molecule has 1 N–H and O–H groups in total. The average molecular weight is 289 g/mol. The summed E-state index contributed by atoms with van der Waals surface area (Å²) in [5.41, 5.74) is 2.06. The largest absolute Gasteiger partial charge is 0.339 e. The number of nitrogens with one attached hydrogen (secondary N) is 1. The molecule has 0 aliphatic rings. The molecule has 0 heterocycles. The van der Waals surface area contributed by atoms with E-state index in [0.29, 0.717) is 5.25 Å². The van der Waals surface area contributed by atoms with Gasteiger partial charge in [0.25, 0.3) is 0 Å². The topological polar surface area (TPSA) is 36.8 Å². The molecule has 0 aliphatic heterocycles. The lowest BCUT2D eigenvalue weighted by atomic mass is 10.2. The second-order valence-electron chi connectivity index (χ2n) is 4.61. The first-order valence-electron chi connectivity index (χ1n) is 6.78. The van der Waals surface area contributed by atoms with Gasteiger partial charge < -0.3 is 5.32 Å². The molecule has 0 aliphatic carbocycles. The maximum absolute atomic E-state index is 4.50. The molecule has 0 fully saturated rings. The van der Waals surface area contributed by atoms with E-state index in [2.05, 4.69) is 54.1 Å². The second kappa shape index (κ2) is 8.59. The van der Waals surface area contributed by atoms with Crippen molar-refractivity contribution >= 4 is 30.0 Å². The molecule has 1 aromatic rings. The molecule has 20 heavy (non-hydrogen) atoms. The number of benzene rings is 1. The Morgan fingerprint density at radius 3 is 2.70 bits per heavy atom. The molecule has 0 aromatic heterocycles. The summed E-state index contributed by atoms with van der Waals surface area (Å²) in [7, 11) is 0. The van der Waals surface area contributed by atoms with Gasteiger partial charge in [0.1, 0.15) is 5.84 Å². The van der Waals surface area contributed by atoms with Gasteiger partial charge in [-0.2, -0.15) is 0 Å². The van der Waals surface area contributed by atoms with Crippen molar-refractivity contribution < 1.29 is 0 Å². The standard InChI is InChI=1S/C16H23N3S/c1-6-18-16(13(4)11-17-5)19-14-9-7-8-10-15(14)20-12(2)3/h7-12H,5-6H2,1-4H3,(H,18,19)/b13-11-. The Hall–Kier alpha value is -1.55. The van der Waals surface area contributed by atoms with Crippen molar-refractivity contribution in [2.45, 2.75) is 37.8 Å². The highest BCUT2D eigenvalue weighted by Gasteiger charge is 2.08. The molecule has 1 aromatic carbocycles. The quantitative estimate of drug-likeness (QED) is 0.471. The summed E-state index contributed by atoms with van der Waals surface area (Å²) in [5.74, 6) is 0.844. The smallest absolute Gasteiger partial charge is 0.129 e. The number of rotatable bonds is 6. The summed E-state index contributed by atoms with van der Waals surface area (Å²) in [6.07, 6.45) is 1.72. The third-order valence-corrected chi connectivity index (χ3v) is 3.56. The minimum atomic E-state index is 0.538. The lowest BCUT2D eigenvalue weighted by Crippen LogP contribution is -2.14. The summed E-state index contributed by atoms with van der Waals surface area (Å²) in [4.78, 5) is 9.54. The van der Waals surface area contributed by atoms with E-state index in [-0.39, 0.29) is 0 Å². The third kappa shape index (κ3) is 5.21. The Kier molecular flexibility index (Phi) is 7.09. The van der Waals surface area contributed by atoms with Gasteiger partial charge in [-0.05, 0) is 32.7 Å². The van der Waals surface area contributed by atoms with Crippen LogP contribution in [0.15, 0.2) is 50.9 Å². The molecule has 108 valence electrons. The van der Waals surface area contributed by atoms with Gasteiger partial charge in [0.15, 0.2) is 0 Å². The van der Waals surface area contributed by atoms with Crippen LogP contribution in [0.25, 0.3) is 0 Å². The number of hydrogen-bond donors (Lipinski definition) is 1. The highest BCUT2D eigenvalue weighted by atomic mass is 32.2. The van der Waals surface area contributed by atoms with Crippen molar-refractivity contribution in [2.24, 2.45) is 9.98 Å². The number of nitrogens with zero attached hydrogens (tertiary/aromatic N) is 2. The molecule has 3 nitrogen and oxygen atoms in total. The maximum Gasteiger partial charge on any atom is 0.129 e. The summed E-state index contributed by atoms with van der Waals surface area (Å²) in [5, 5.41) is 3.95. The van der Waals surface area contributed by atoms with E-state index in [4.69, 9.17) is 0 Å². The van der Waals surface area contributed by atoms with E-state index in [1.165, 1.54) is 4.90 Å². The van der Waals surface area contributed by atoms with Gasteiger partial charge in [0.05, 0.1) is 5.69 Å². The Bertz CT molecular complexity index is 504. The first-order valence-corrected chi connectivity index (χ1v) is 7.66. The fourth-order valence-electron chi connectivity index (χ4n) is 1.67. The minimum Gasteiger partial charge on any atom is -0.339 e. The number of hydrogen-bond acceptors (Lipinski definition) is 3. The zero-order valence-electron chi connectivity index (χ0n) is 12.7. The zero-order valence-corrected chi connectivity index (χ0v) is 13.5. The van der Waals surface area contributed by atoms with Gasteiger partial charge in [-0.25, -0.2) is 0 Å². The highest BCUT2D eigenvalue weighted by molar-refractivity contribution is 8.00. The van der Waals surface area contributed by atoms with Crippen molar-refractivity contribution in [2.75, 3.05) is 11.9 Å². The van der Waals surface area contributed by atoms with Gasteiger partial charge >= 0.3 is 0 Å². The van der Waals surface area contributed by atoms with Gasteiger partial charge in [-0.3, -0.25) is 9.98 Å². The Balaban J connectivity index is 3.03. The lowest BCUT2D eigenvalue weighted by molar-refractivity contribution is 1.11. The Labute approximate surface area is 126 Å². The summed E-state index contributed by atoms with van der Waals surface area (Å²) >= 11 is 1.84. The number of thioether (sulfide) groups is 1. The molecule has 0 spiro atoms.